The van der Waals surface area contributed by atoms with Gasteiger partial charge in [0.05, 0.1) is 28.5 Å². The van der Waals surface area contributed by atoms with Crippen molar-refractivity contribution in [3.8, 4) is 44.6 Å². The average Bonchev–Trinajstić information content (AvgIpc) is 1.58. The number of aryl methyl sites for hydroxylation is 3. The molecular weight excluding hydrogens is 1390 g/mol. The first-order valence-corrected chi connectivity index (χ1v) is 34.2. The molecule has 0 atom stereocenters. The zero-order chi connectivity index (χ0) is 72.9. The van der Waals surface area contributed by atoms with Crippen LogP contribution >= 0.6 is 23.6 Å². The first kappa shape index (κ1) is 81.6. The molecule has 10 rings (SSSR count). The number of thiocarbonyl (C=S) groups is 1. The molecule has 10 aromatic rings. The Labute approximate surface area is 609 Å². The number of benzene rings is 4. The van der Waals surface area contributed by atoms with Crippen LogP contribution in [0.5, 0.6) is 0 Å². The Morgan fingerprint density at radius 2 is 0.880 bits per heavy atom. The number of unbranched alkanes of at least 4 members (excludes halogenated alkanes) is 3. The van der Waals surface area contributed by atoms with E-state index in [0.29, 0.717) is 5.69 Å². The normalized spacial score (nSPS) is 11.2. The van der Waals surface area contributed by atoms with Crippen LogP contribution in [-0.2, 0) is 85.8 Å². The van der Waals surface area contributed by atoms with Crippen molar-refractivity contribution in [3.63, 3.8) is 0 Å². The molecule has 6 heterocycles. The van der Waals surface area contributed by atoms with Crippen LogP contribution in [0.1, 0.15) is 174 Å². The van der Waals surface area contributed by atoms with Crippen LogP contribution in [0.15, 0.2) is 176 Å². The molecule has 0 saturated carbocycles. The predicted octanol–water partition coefficient (Wildman–Crippen LogP) is 21.9. The van der Waals surface area contributed by atoms with Gasteiger partial charge in [0.1, 0.15) is 10.7 Å². The van der Waals surface area contributed by atoms with Gasteiger partial charge in [-0.3, -0.25) is 15.0 Å². The molecule has 522 valence electrons. The van der Waals surface area contributed by atoms with E-state index in [1.165, 1.54) is 91.0 Å². The summed E-state index contributed by atoms with van der Waals surface area (Å²) in [6.07, 6.45) is 9.15. The Morgan fingerprint density at radius 3 is 1.29 bits per heavy atom. The summed E-state index contributed by atoms with van der Waals surface area (Å²) in [5.74, 6) is 0. The summed E-state index contributed by atoms with van der Waals surface area (Å²) in [6, 6.07) is 55.0. The fourth-order valence-electron chi connectivity index (χ4n) is 10.8. The number of nitrogens with zero attached hydrogens (tertiary/aromatic N) is 9. The van der Waals surface area contributed by atoms with Gasteiger partial charge in [0.15, 0.2) is 0 Å². The van der Waals surface area contributed by atoms with E-state index in [2.05, 4.69) is 281 Å². The van der Waals surface area contributed by atoms with Gasteiger partial charge in [-0.05, 0) is 201 Å². The molecular formula is C81H88F3N9O4RuS2. The largest absolute Gasteiger partial charge is 2.00 e. The van der Waals surface area contributed by atoms with Gasteiger partial charge in [0, 0.05) is 51.9 Å². The van der Waals surface area contributed by atoms with E-state index in [9.17, 15) is 13.2 Å². The fraction of sp³-hybridized carbons (Fsp3) is 0.333. The van der Waals surface area contributed by atoms with Crippen LogP contribution in [0.3, 0.4) is 0 Å². The molecule has 0 bridgehead atoms. The number of alkyl halides is 3. The van der Waals surface area contributed by atoms with Crippen LogP contribution in [0.2, 0.25) is 0 Å². The second-order valence-corrected chi connectivity index (χ2v) is 29.0. The van der Waals surface area contributed by atoms with Gasteiger partial charge in [-0.15, -0.1) is 11.3 Å². The van der Waals surface area contributed by atoms with Crippen LogP contribution in [0.25, 0.3) is 50.0 Å². The number of halogens is 3. The van der Waals surface area contributed by atoms with Crippen LogP contribution < -0.4 is 14.9 Å². The van der Waals surface area contributed by atoms with E-state index < -0.39 is 11.9 Å². The number of rotatable bonds is 17. The van der Waals surface area contributed by atoms with Crippen molar-refractivity contribution in [2.24, 2.45) is 0 Å². The summed E-state index contributed by atoms with van der Waals surface area (Å²) in [4.78, 5) is 57.3. The second kappa shape index (κ2) is 36.9. The number of carbonyl (C=O) groups excluding carboxylic acids is 4. The molecule has 6 aromatic heterocycles. The number of aromatic nitrogens is 6. The Bertz CT molecular complexity index is 4200. The SMILES string of the molecule is CC(C)(C)c1ccc(N(c2ccc(C(C)(C)C)cc2)c2ccnc(-c3cc(C(F)(F)F)n[n-]3)c2)cc1.CCCCCCc1cc(-c2ccnc(-c3cc(CC)cc(-c4cc(CC)ccn4)n3)c2)sc1N(c1ccc(C(C)(C)C)cc1)c1ccc(C(C)(C)C)cc1.O=C=O.O=C=O.[N-]=C=S.[Ru+2]. The van der Waals surface area contributed by atoms with Crippen molar-refractivity contribution < 1.29 is 51.8 Å². The van der Waals surface area contributed by atoms with Gasteiger partial charge in [-0.25, -0.2) is 4.98 Å². The summed E-state index contributed by atoms with van der Waals surface area (Å²) < 4.78 is 39.2. The summed E-state index contributed by atoms with van der Waals surface area (Å²) >= 11 is 5.58. The quantitative estimate of drug-likeness (QED) is 0.0365. The summed E-state index contributed by atoms with van der Waals surface area (Å²) in [6.45, 7) is 33.3. The van der Waals surface area contributed by atoms with Gasteiger partial charge < -0.3 is 25.4 Å². The average molecular weight is 1470 g/mol. The van der Waals surface area contributed by atoms with Crippen molar-refractivity contribution in [3.05, 3.63) is 226 Å². The van der Waals surface area contributed by atoms with Gasteiger partial charge in [-0.1, -0.05) is 190 Å². The van der Waals surface area contributed by atoms with Crippen molar-refractivity contribution in [2.45, 2.75) is 177 Å². The molecule has 0 spiro atoms. The Kier molecular flexibility index (Phi) is 30.1. The third-order valence-electron chi connectivity index (χ3n) is 16.4. The molecule has 0 unspecified atom stereocenters. The Balaban J connectivity index is 0.000000339. The maximum atomic E-state index is 13.1. The first-order valence-electron chi connectivity index (χ1n) is 33.0. The summed E-state index contributed by atoms with van der Waals surface area (Å²) in [5.41, 5.74) is 18.2. The third kappa shape index (κ3) is 22.7. The van der Waals surface area contributed by atoms with E-state index >= 15 is 0 Å². The molecule has 13 nitrogen and oxygen atoms in total. The predicted molar refractivity (Wildman–Crippen MR) is 397 cm³/mol. The molecule has 0 N–H and O–H groups in total. The van der Waals surface area contributed by atoms with Gasteiger partial charge in [0.25, 0.3) is 0 Å². The van der Waals surface area contributed by atoms with Crippen molar-refractivity contribution in [1.82, 2.24) is 30.1 Å². The smallest absolute Gasteiger partial charge is 0.753 e. The topological polar surface area (TPSA) is 176 Å². The monoisotopic (exact) mass is 1470 g/mol. The zero-order valence-corrected chi connectivity index (χ0v) is 63.0. The third-order valence-corrected chi connectivity index (χ3v) is 17.7. The molecule has 19 heteroatoms. The molecule has 0 radical (unpaired) electrons. The first-order chi connectivity index (χ1) is 46.8. The number of anilines is 6. The molecule has 0 saturated heterocycles. The number of pyridine rings is 4. The molecule has 4 aromatic carbocycles. The van der Waals surface area contributed by atoms with Gasteiger partial charge in [0.2, 0.25) is 0 Å². The van der Waals surface area contributed by atoms with E-state index in [0.717, 1.165) is 70.7 Å². The molecule has 0 aliphatic heterocycles. The van der Waals surface area contributed by atoms with Crippen molar-refractivity contribution in [2.75, 3.05) is 9.80 Å². The minimum atomic E-state index is -4.56. The van der Waals surface area contributed by atoms with E-state index in [1.807, 2.05) is 29.8 Å². The van der Waals surface area contributed by atoms with Crippen LogP contribution in [0.4, 0.5) is 46.6 Å². The Morgan fingerprint density at radius 1 is 0.480 bits per heavy atom. The fourth-order valence-corrected chi connectivity index (χ4v) is 12.1. The van der Waals surface area contributed by atoms with Crippen LogP contribution in [0, 0.1) is 0 Å². The van der Waals surface area contributed by atoms with Crippen molar-refractivity contribution >= 4 is 74.5 Å². The van der Waals surface area contributed by atoms with Gasteiger partial charge in [-0.2, -0.15) is 37.5 Å². The molecule has 0 fully saturated rings. The minimum Gasteiger partial charge on any atom is -0.753 e. The maximum Gasteiger partial charge on any atom is 2.00 e. The van der Waals surface area contributed by atoms with Crippen LogP contribution in [-0.4, -0.2) is 42.5 Å². The molecule has 0 aliphatic rings. The summed E-state index contributed by atoms with van der Waals surface area (Å²) in [7, 11) is 0. The zero-order valence-electron chi connectivity index (χ0n) is 59.7. The number of hydrogen-bond acceptors (Lipinski definition) is 13. The summed E-state index contributed by atoms with van der Waals surface area (Å²) in [5, 5.41) is 16.8. The Hall–Kier alpha value is -9.04. The van der Waals surface area contributed by atoms with E-state index in [-0.39, 0.29) is 59.1 Å². The number of thiophene rings is 1. The van der Waals surface area contributed by atoms with E-state index in [1.54, 1.807) is 12.3 Å². The standard InChI is InChI=1S/C49H58N4S.C29H30F3N4.CNS.2CO2.Ru/c1-10-13-14-15-16-37-33-46(36-26-28-51-43(32-36)45-31-35(12-3)30-44(52-45)42-29-34(11-2)25-27-50-42)54-47(37)53(40-21-17-38(18-22-40)48(4,5)6)41-23-19-39(20-24-41)49(7,8)9;1-27(2,3)19-7-11-21(12-8-19)36(22-13-9-20(10-14-22)28(4,5)6)23-15-16-33-24(17-23)25-18-26(35-34-25)29(30,31)32;3*2-1-3;/h17-33H,10-16H2,1-9H3;7-18H,1-6H3;;;;/q;2*-1;;;+2. The molecule has 100 heavy (non-hydrogen) atoms. The minimum absolute atomic E-state index is 0. The van der Waals surface area contributed by atoms with Crippen molar-refractivity contribution in [1.29, 1.82) is 0 Å². The van der Waals surface area contributed by atoms with E-state index in [4.69, 9.17) is 39.5 Å². The maximum absolute atomic E-state index is 13.1. The van der Waals surface area contributed by atoms with Gasteiger partial charge >= 0.3 is 38.0 Å². The molecule has 0 amide bonds. The number of hydrogen-bond donors (Lipinski definition) is 0. The second-order valence-electron chi connectivity index (χ2n) is 27.8. The number of isothiocyanates is 1. The molecule has 0 aliphatic carbocycles.